The fourth-order valence-corrected chi connectivity index (χ4v) is 2.71. The second kappa shape index (κ2) is 8.02. The van der Waals surface area contributed by atoms with Gasteiger partial charge >= 0.3 is 5.97 Å². The number of hydrogen-bond acceptors (Lipinski definition) is 4. The minimum Gasteiger partial charge on any atom is -0.507 e. The van der Waals surface area contributed by atoms with Gasteiger partial charge in [-0.15, -0.1) is 0 Å². The quantitative estimate of drug-likeness (QED) is 0.436. The summed E-state index contributed by atoms with van der Waals surface area (Å²) in [6, 6.07) is 21.6. The fourth-order valence-electron chi connectivity index (χ4n) is 2.22. The molecule has 0 aliphatic rings. The molecule has 3 aromatic carbocycles. The molecule has 0 aliphatic heterocycles. The molecule has 0 radical (unpaired) electrons. The lowest BCUT2D eigenvalue weighted by molar-refractivity contribution is 0.0469. The van der Waals surface area contributed by atoms with Crippen LogP contribution < -0.4 is 4.74 Å². The van der Waals surface area contributed by atoms with E-state index in [2.05, 4.69) is 22.6 Å². The summed E-state index contributed by atoms with van der Waals surface area (Å²) in [5.74, 6) is 0.745. The van der Waals surface area contributed by atoms with Crippen LogP contribution in [-0.4, -0.2) is 11.1 Å². The highest BCUT2D eigenvalue weighted by Crippen LogP contribution is 2.23. The van der Waals surface area contributed by atoms with Crippen molar-refractivity contribution in [1.29, 1.82) is 0 Å². The number of esters is 1. The second-order valence-electron chi connectivity index (χ2n) is 5.30. The summed E-state index contributed by atoms with van der Waals surface area (Å²) in [7, 11) is 0. The number of ether oxygens (including phenoxy) is 2. The van der Waals surface area contributed by atoms with E-state index in [0.717, 1.165) is 14.9 Å². The van der Waals surface area contributed by atoms with Gasteiger partial charge in [0.15, 0.2) is 0 Å². The lowest BCUT2D eigenvalue weighted by Gasteiger charge is -2.09. The molecule has 126 valence electrons. The molecule has 0 aliphatic carbocycles. The van der Waals surface area contributed by atoms with Crippen LogP contribution in [0.4, 0.5) is 0 Å². The zero-order valence-electron chi connectivity index (χ0n) is 13.2. The number of benzene rings is 3. The molecule has 25 heavy (non-hydrogen) atoms. The SMILES string of the molecule is O=C(OCc1cccc(Oc2ccccc2)c1)c1cc(I)ccc1O. The van der Waals surface area contributed by atoms with Crippen LogP contribution in [0, 0.1) is 3.57 Å². The molecular formula is C20H15IO4. The maximum Gasteiger partial charge on any atom is 0.342 e. The Morgan fingerprint density at radius 3 is 2.48 bits per heavy atom. The normalized spacial score (nSPS) is 10.3. The monoisotopic (exact) mass is 446 g/mol. The lowest BCUT2D eigenvalue weighted by Crippen LogP contribution is -2.06. The van der Waals surface area contributed by atoms with Crippen molar-refractivity contribution in [3.8, 4) is 17.2 Å². The molecule has 0 amide bonds. The van der Waals surface area contributed by atoms with E-state index >= 15 is 0 Å². The smallest absolute Gasteiger partial charge is 0.342 e. The molecule has 0 heterocycles. The fraction of sp³-hybridized carbons (Fsp3) is 0.0500. The van der Waals surface area contributed by atoms with E-state index in [-0.39, 0.29) is 17.9 Å². The Kier molecular flexibility index (Phi) is 5.55. The molecule has 4 nitrogen and oxygen atoms in total. The topological polar surface area (TPSA) is 55.8 Å². The molecule has 0 saturated heterocycles. The first-order valence-corrected chi connectivity index (χ1v) is 8.67. The number of rotatable bonds is 5. The Balaban J connectivity index is 1.66. The van der Waals surface area contributed by atoms with Crippen LogP contribution in [0.1, 0.15) is 15.9 Å². The number of hydrogen-bond donors (Lipinski definition) is 1. The van der Waals surface area contributed by atoms with Crippen molar-refractivity contribution < 1.29 is 19.4 Å². The average Bonchev–Trinajstić information content (AvgIpc) is 2.63. The first-order valence-electron chi connectivity index (χ1n) is 7.59. The van der Waals surface area contributed by atoms with Crippen LogP contribution in [0.3, 0.4) is 0 Å². The van der Waals surface area contributed by atoms with Gasteiger partial charge in [0.1, 0.15) is 29.4 Å². The van der Waals surface area contributed by atoms with Gasteiger partial charge in [-0.05, 0) is 70.6 Å². The summed E-state index contributed by atoms with van der Waals surface area (Å²) in [5.41, 5.74) is 0.954. The van der Waals surface area contributed by atoms with Gasteiger partial charge in [0.25, 0.3) is 0 Å². The maximum absolute atomic E-state index is 12.2. The molecule has 0 bridgehead atoms. The van der Waals surface area contributed by atoms with E-state index in [1.165, 1.54) is 6.07 Å². The summed E-state index contributed by atoms with van der Waals surface area (Å²) >= 11 is 2.07. The Bertz CT molecular complexity index is 878. The van der Waals surface area contributed by atoms with Gasteiger partial charge in [0, 0.05) is 3.57 Å². The molecule has 3 aromatic rings. The largest absolute Gasteiger partial charge is 0.507 e. The number of phenols is 1. The summed E-state index contributed by atoms with van der Waals surface area (Å²) in [6.45, 7) is 0.0930. The zero-order valence-corrected chi connectivity index (χ0v) is 15.3. The van der Waals surface area contributed by atoms with Gasteiger partial charge in [-0.2, -0.15) is 0 Å². The highest BCUT2D eigenvalue weighted by molar-refractivity contribution is 14.1. The Morgan fingerprint density at radius 1 is 0.920 bits per heavy atom. The Hall–Kier alpha value is -2.54. The molecule has 0 saturated carbocycles. The highest BCUT2D eigenvalue weighted by atomic mass is 127. The van der Waals surface area contributed by atoms with Crippen LogP contribution in [0.15, 0.2) is 72.8 Å². The van der Waals surface area contributed by atoms with Crippen molar-refractivity contribution in [3.63, 3.8) is 0 Å². The number of phenolic OH excluding ortho intramolecular Hbond substituents is 1. The van der Waals surface area contributed by atoms with E-state index in [1.54, 1.807) is 12.1 Å². The van der Waals surface area contributed by atoms with E-state index in [9.17, 15) is 9.90 Å². The third kappa shape index (κ3) is 4.73. The van der Waals surface area contributed by atoms with E-state index < -0.39 is 5.97 Å². The first kappa shape index (κ1) is 17.3. The van der Waals surface area contributed by atoms with E-state index in [0.29, 0.717) is 5.75 Å². The van der Waals surface area contributed by atoms with Crippen molar-refractivity contribution >= 4 is 28.6 Å². The van der Waals surface area contributed by atoms with Crippen molar-refractivity contribution in [3.05, 3.63) is 87.5 Å². The number of halogens is 1. The van der Waals surface area contributed by atoms with Crippen molar-refractivity contribution in [1.82, 2.24) is 0 Å². The van der Waals surface area contributed by atoms with Crippen molar-refractivity contribution in [2.45, 2.75) is 6.61 Å². The van der Waals surface area contributed by atoms with Gasteiger partial charge in [0.2, 0.25) is 0 Å². The summed E-state index contributed by atoms with van der Waals surface area (Å²) < 4.78 is 11.9. The molecule has 5 heteroatoms. The molecular weight excluding hydrogens is 431 g/mol. The minimum absolute atomic E-state index is 0.0911. The van der Waals surface area contributed by atoms with Crippen molar-refractivity contribution in [2.75, 3.05) is 0 Å². The highest BCUT2D eigenvalue weighted by Gasteiger charge is 2.13. The molecule has 3 rings (SSSR count). The molecule has 0 aromatic heterocycles. The number of aromatic hydroxyl groups is 1. The zero-order chi connectivity index (χ0) is 17.6. The van der Waals surface area contributed by atoms with Gasteiger partial charge in [-0.3, -0.25) is 0 Å². The van der Waals surface area contributed by atoms with Crippen LogP contribution in [0.2, 0.25) is 0 Å². The molecule has 0 spiro atoms. The molecule has 0 atom stereocenters. The average molecular weight is 446 g/mol. The first-order chi connectivity index (χ1) is 12.1. The number of carbonyl (C=O) groups is 1. The van der Waals surface area contributed by atoms with Gasteiger partial charge in [0.05, 0.1) is 0 Å². The summed E-state index contributed by atoms with van der Waals surface area (Å²) in [4.78, 5) is 12.2. The number of para-hydroxylation sites is 1. The predicted molar refractivity (Wildman–Crippen MR) is 103 cm³/mol. The van der Waals surface area contributed by atoms with Crippen molar-refractivity contribution in [2.24, 2.45) is 0 Å². The predicted octanol–water partition coefficient (Wildman–Crippen LogP) is 5.15. The molecule has 0 unspecified atom stereocenters. The summed E-state index contributed by atoms with van der Waals surface area (Å²) in [5, 5.41) is 9.79. The molecule has 1 N–H and O–H groups in total. The Morgan fingerprint density at radius 2 is 1.68 bits per heavy atom. The van der Waals surface area contributed by atoms with Crippen LogP contribution >= 0.6 is 22.6 Å². The molecule has 0 fully saturated rings. The van der Waals surface area contributed by atoms with E-state index in [1.807, 2.05) is 54.6 Å². The van der Waals surface area contributed by atoms with Gasteiger partial charge in [-0.25, -0.2) is 4.79 Å². The third-order valence-electron chi connectivity index (χ3n) is 3.43. The second-order valence-corrected chi connectivity index (χ2v) is 6.55. The summed E-state index contributed by atoms with van der Waals surface area (Å²) in [6.07, 6.45) is 0. The van der Waals surface area contributed by atoms with Crippen LogP contribution in [0.25, 0.3) is 0 Å². The van der Waals surface area contributed by atoms with Gasteiger partial charge in [-0.1, -0.05) is 30.3 Å². The maximum atomic E-state index is 12.2. The number of carbonyl (C=O) groups excluding carboxylic acids is 1. The van der Waals surface area contributed by atoms with E-state index in [4.69, 9.17) is 9.47 Å². The van der Waals surface area contributed by atoms with Gasteiger partial charge < -0.3 is 14.6 Å². The Labute approximate surface area is 159 Å². The third-order valence-corrected chi connectivity index (χ3v) is 4.10. The van der Waals surface area contributed by atoms with Crippen LogP contribution in [0.5, 0.6) is 17.2 Å². The minimum atomic E-state index is -0.564. The van der Waals surface area contributed by atoms with Crippen LogP contribution in [-0.2, 0) is 11.3 Å². The standard InChI is InChI=1S/C20H15IO4/c21-15-9-10-19(22)18(12-15)20(23)24-13-14-5-4-8-17(11-14)25-16-6-2-1-3-7-16/h1-12,22H,13H2. The lowest BCUT2D eigenvalue weighted by atomic mass is 10.2.